The zero-order valence-electron chi connectivity index (χ0n) is 15.4. The largest absolute Gasteiger partial charge is 0.493 e. The van der Waals surface area contributed by atoms with Gasteiger partial charge in [0.05, 0.1) is 13.2 Å². The average Bonchev–Trinajstić information content (AvgIpc) is 3.13. The highest BCUT2D eigenvalue weighted by Gasteiger charge is 2.17. The molecule has 1 aromatic carbocycles. The van der Waals surface area contributed by atoms with Crippen LogP contribution in [0.15, 0.2) is 35.7 Å². The standard InChI is InChI=1S/C19H24N2O4S/c1-13(22)14-7-8-16(17(10-14)24-4)25-12-19(23)20-11-15(21(2)3)18-6-5-9-26-18/h5-10,15H,11-12H2,1-4H3,(H,20,23). The second kappa shape index (κ2) is 9.35. The maximum atomic E-state index is 12.1. The van der Waals surface area contributed by atoms with Crippen LogP contribution in [-0.4, -0.2) is 50.9 Å². The van der Waals surface area contributed by atoms with E-state index in [9.17, 15) is 9.59 Å². The van der Waals surface area contributed by atoms with E-state index in [2.05, 4.69) is 16.3 Å². The van der Waals surface area contributed by atoms with Gasteiger partial charge in [-0.25, -0.2) is 0 Å². The molecule has 6 nitrogen and oxygen atoms in total. The Morgan fingerprint density at radius 2 is 2.00 bits per heavy atom. The zero-order valence-corrected chi connectivity index (χ0v) is 16.3. The summed E-state index contributed by atoms with van der Waals surface area (Å²) >= 11 is 1.66. The van der Waals surface area contributed by atoms with Gasteiger partial charge in [-0.3, -0.25) is 9.59 Å². The van der Waals surface area contributed by atoms with Crippen molar-refractivity contribution >= 4 is 23.0 Å². The molecule has 2 aromatic rings. The first-order chi connectivity index (χ1) is 12.4. The first kappa shape index (κ1) is 19.9. The third kappa shape index (κ3) is 5.31. The van der Waals surface area contributed by atoms with Crippen LogP contribution in [0, 0.1) is 0 Å². The Morgan fingerprint density at radius 3 is 2.58 bits per heavy atom. The smallest absolute Gasteiger partial charge is 0.258 e. The van der Waals surface area contributed by atoms with E-state index in [1.165, 1.54) is 18.9 Å². The van der Waals surface area contributed by atoms with Crippen LogP contribution >= 0.6 is 11.3 Å². The molecule has 1 N–H and O–H groups in total. The number of amides is 1. The molecule has 0 bridgehead atoms. The number of ether oxygens (including phenoxy) is 2. The van der Waals surface area contributed by atoms with E-state index in [0.29, 0.717) is 23.6 Å². The first-order valence-electron chi connectivity index (χ1n) is 8.20. The Balaban J connectivity index is 1.91. The average molecular weight is 376 g/mol. The summed E-state index contributed by atoms with van der Waals surface area (Å²) < 4.78 is 10.8. The van der Waals surface area contributed by atoms with Gasteiger partial charge in [0.1, 0.15) is 0 Å². The van der Waals surface area contributed by atoms with Crippen molar-refractivity contribution in [3.05, 3.63) is 46.2 Å². The lowest BCUT2D eigenvalue weighted by molar-refractivity contribution is -0.123. The quantitative estimate of drug-likeness (QED) is 0.682. The van der Waals surface area contributed by atoms with E-state index >= 15 is 0 Å². The van der Waals surface area contributed by atoms with E-state index in [-0.39, 0.29) is 24.3 Å². The van der Waals surface area contributed by atoms with E-state index in [1.54, 1.807) is 29.5 Å². The lowest BCUT2D eigenvalue weighted by Gasteiger charge is -2.23. The van der Waals surface area contributed by atoms with Crippen LogP contribution in [0.2, 0.25) is 0 Å². The Kier molecular flexibility index (Phi) is 7.17. The van der Waals surface area contributed by atoms with Crippen molar-refractivity contribution in [3.63, 3.8) is 0 Å². The molecule has 0 saturated heterocycles. The number of benzene rings is 1. The van der Waals surface area contributed by atoms with Crippen molar-refractivity contribution in [2.45, 2.75) is 13.0 Å². The number of likely N-dealkylation sites (N-methyl/N-ethyl adjacent to an activating group) is 1. The Labute approximate surface area is 157 Å². The molecule has 0 aliphatic heterocycles. The van der Waals surface area contributed by atoms with Gasteiger partial charge in [-0.2, -0.15) is 0 Å². The van der Waals surface area contributed by atoms with Gasteiger partial charge < -0.3 is 19.7 Å². The van der Waals surface area contributed by atoms with Crippen molar-refractivity contribution in [3.8, 4) is 11.5 Å². The summed E-state index contributed by atoms with van der Waals surface area (Å²) in [6, 6.07) is 9.06. The lowest BCUT2D eigenvalue weighted by Crippen LogP contribution is -2.36. The van der Waals surface area contributed by atoms with Crippen LogP contribution in [-0.2, 0) is 4.79 Å². The predicted molar refractivity (Wildman–Crippen MR) is 102 cm³/mol. The molecule has 2 rings (SSSR count). The molecule has 0 aliphatic rings. The van der Waals surface area contributed by atoms with E-state index in [0.717, 1.165) is 0 Å². The summed E-state index contributed by atoms with van der Waals surface area (Å²) in [6.07, 6.45) is 0. The number of rotatable bonds is 9. The number of thiophene rings is 1. The minimum Gasteiger partial charge on any atom is -0.493 e. The van der Waals surface area contributed by atoms with E-state index in [1.807, 2.05) is 25.5 Å². The highest BCUT2D eigenvalue weighted by atomic mass is 32.1. The molecule has 1 heterocycles. The Hall–Kier alpha value is -2.38. The molecule has 0 fully saturated rings. The van der Waals surface area contributed by atoms with Gasteiger partial charge in [0, 0.05) is 17.0 Å². The lowest BCUT2D eigenvalue weighted by atomic mass is 10.1. The molecule has 7 heteroatoms. The molecule has 1 aromatic heterocycles. The number of nitrogens with one attached hydrogen (secondary N) is 1. The summed E-state index contributed by atoms with van der Waals surface area (Å²) in [4.78, 5) is 26.8. The van der Waals surface area contributed by atoms with E-state index in [4.69, 9.17) is 9.47 Å². The van der Waals surface area contributed by atoms with Gasteiger partial charge in [0.25, 0.3) is 5.91 Å². The number of Topliss-reactive ketones (excluding diaryl/α,β-unsaturated/α-hetero) is 1. The van der Waals surface area contributed by atoms with Gasteiger partial charge in [0.15, 0.2) is 23.9 Å². The summed E-state index contributed by atoms with van der Waals surface area (Å²) in [7, 11) is 5.46. The minimum absolute atomic E-state index is 0.0594. The van der Waals surface area contributed by atoms with Crippen molar-refractivity contribution in [1.82, 2.24) is 10.2 Å². The molecule has 1 atom stereocenters. The third-order valence-electron chi connectivity index (χ3n) is 3.92. The molecule has 0 aliphatic carbocycles. The van der Waals surface area contributed by atoms with Crippen molar-refractivity contribution in [2.24, 2.45) is 0 Å². The highest BCUT2D eigenvalue weighted by Crippen LogP contribution is 2.28. The number of ketones is 1. The van der Waals surface area contributed by atoms with Crippen LogP contribution in [0.1, 0.15) is 28.2 Å². The zero-order chi connectivity index (χ0) is 19.1. The number of nitrogens with zero attached hydrogens (tertiary/aromatic N) is 1. The van der Waals surface area contributed by atoms with Gasteiger partial charge in [-0.05, 0) is 50.7 Å². The van der Waals surface area contributed by atoms with Crippen LogP contribution in [0.5, 0.6) is 11.5 Å². The number of methoxy groups -OCH3 is 1. The van der Waals surface area contributed by atoms with Crippen molar-refractivity contribution < 1.29 is 19.1 Å². The fourth-order valence-electron chi connectivity index (χ4n) is 2.43. The second-order valence-corrected chi connectivity index (χ2v) is 6.99. The molecule has 1 amide bonds. The molecule has 1 unspecified atom stereocenters. The minimum atomic E-state index is -0.217. The third-order valence-corrected chi connectivity index (χ3v) is 4.89. The molecule has 0 radical (unpaired) electrons. The molecule has 0 saturated carbocycles. The summed E-state index contributed by atoms with van der Waals surface area (Å²) in [6.45, 7) is 1.86. The van der Waals surface area contributed by atoms with Gasteiger partial charge in [-0.15, -0.1) is 11.3 Å². The maximum Gasteiger partial charge on any atom is 0.258 e. The van der Waals surface area contributed by atoms with Gasteiger partial charge >= 0.3 is 0 Å². The number of carbonyl (C=O) groups is 2. The SMILES string of the molecule is COc1cc(C(C)=O)ccc1OCC(=O)NCC(c1cccs1)N(C)C. The molecular weight excluding hydrogens is 352 g/mol. The fourth-order valence-corrected chi connectivity index (χ4v) is 3.35. The maximum absolute atomic E-state index is 12.1. The number of carbonyl (C=O) groups excluding carboxylic acids is 2. The van der Waals surface area contributed by atoms with Crippen LogP contribution < -0.4 is 14.8 Å². The Morgan fingerprint density at radius 1 is 1.23 bits per heavy atom. The topological polar surface area (TPSA) is 67.9 Å². The molecule has 0 spiro atoms. The van der Waals surface area contributed by atoms with Crippen molar-refractivity contribution in [1.29, 1.82) is 0 Å². The first-order valence-corrected chi connectivity index (χ1v) is 9.08. The molecular formula is C19H24N2O4S. The summed E-state index contributed by atoms with van der Waals surface area (Å²) in [5.74, 6) is 0.576. The van der Waals surface area contributed by atoms with Crippen molar-refractivity contribution in [2.75, 3.05) is 34.4 Å². The molecule has 140 valence electrons. The van der Waals surface area contributed by atoms with Crippen LogP contribution in [0.4, 0.5) is 0 Å². The van der Waals surface area contributed by atoms with Crippen LogP contribution in [0.25, 0.3) is 0 Å². The monoisotopic (exact) mass is 376 g/mol. The summed E-state index contributed by atoms with van der Waals surface area (Å²) in [5, 5.41) is 4.92. The van der Waals surface area contributed by atoms with Gasteiger partial charge in [0.2, 0.25) is 0 Å². The van der Waals surface area contributed by atoms with Crippen LogP contribution in [0.3, 0.4) is 0 Å². The Bertz CT molecular complexity index is 744. The second-order valence-electron chi connectivity index (χ2n) is 6.01. The highest BCUT2D eigenvalue weighted by molar-refractivity contribution is 7.10. The van der Waals surface area contributed by atoms with E-state index < -0.39 is 0 Å². The fraction of sp³-hybridized carbons (Fsp3) is 0.368. The van der Waals surface area contributed by atoms with Gasteiger partial charge in [-0.1, -0.05) is 6.07 Å². The predicted octanol–water partition coefficient (Wildman–Crippen LogP) is 2.76. The summed E-state index contributed by atoms with van der Waals surface area (Å²) in [5.41, 5.74) is 0.531. The number of hydrogen-bond acceptors (Lipinski definition) is 6. The number of hydrogen-bond donors (Lipinski definition) is 1. The normalized spacial score (nSPS) is 11.9. The molecule has 26 heavy (non-hydrogen) atoms.